The number of rotatable bonds is 6. The molecule has 0 fully saturated rings. The van der Waals surface area contributed by atoms with Crippen LogP contribution in [0, 0.1) is 5.82 Å². The summed E-state index contributed by atoms with van der Waals surface area (Å²) in [5.41, 5.74) is 0.341. The molecular weight excluding hydrogens is 400 g/mol. The van der Waals surface area contributed by atoms with E-state index in [-0.39, 0.29) is 23.0 Å². The highest BCUT2D eigenvalue weighted by Gasteiger charge is 2.34. The van der Waals surface area contributed by atoms with Gasteiger partial charge < -0.3 is 20.9 Å². The first-order chi connectivity index (χ1) is 14.0. The normalized spacial score (nSPS) is 15.9. The summed E-state index contributed by atoms with van der Waals surface area (Å²) < 4.78 is 54.1. The first-order valence-electron chi connectivity index (χ1n) is 9.25. The average molecular weight is 422 g/mol. The first kappa shape index (κ1) is 21.6. The van der Waals surface area contributed by atoms with Crippen molar-refractivity contribution in [1.82, 2.24) is 4.90 Å². The van der Waals surface area contributed by atoms with Crippen molar-refractivity contribution in [3.05, 3.63) is 59.5 Å². The van der Waals surface area contributed by atoms with E-state index in [4.69, 9.17) is 0 Å². The number of carbonyl (C=O) groups excluding carboxylic acids is 1. The highest BCUT2D eigenvalue weighted by molar-refractivity contribution is 6.31. The molecule has 1 aliphatic rings. The van der Waals surface area contributed by atoms with Crippen molar-refractivity contribution in [2.75, 3.05) is 36.6 Å². The van der Waals surface area contributed by atoms with Gasteiger partial charge >= 0.3 is 6.18 Å². The van der Waals surface area contributed by atoms with E-state index >= 15 is 0 Å². The van der Waals surface area contributed by atoms with Gasteiger partial charge in [0.2, 0.25) is 0 Å². The molecule has 0 bridgehead atoms. The first-order valence-corrected chi connectivity index (χ1v) is 9.25. The third-order valence-electron chi connectivity index (χ3n) is 4.51. The number of alkyl halides is 3. The molecule has 30 heavy (non-hydrogen) atoms. The van der Waals surface area contributed by atoms with Crippen molar-refractivity contribution in [3.63, 3.8) is 0 Å². The molecule has 1 heterocycles. The Hall–Kier alpha value is -3.07. The molecule has 0 saturated heterocycles. The van der Waals surface area contributed by atoms with Crippen molar-refractivity contribution >= 4 is 28.5 Å². The summed E-state index contributed by atoms with van der Waals surface area (Å²) in [6, 6.07) is 7.48. The zero-order chi connectivity index (χ0) is 22.1. The maximum Gasteiger partial charge on any atom is 0.418 e. The third-order valence-corrected chi connectivity index (χ3v) is 4.51. The lowest BCUT2D eigenvalue weighted by atomic mass is 10.1. The van der Waals surface area contributed by atoms with Gasteiger partial charge in [-0.2, -0.15) is 13.2 Å². The van der Waals surface area contributed by atoms with E-state index in [1.165, 1.54) is 36.5 Å². The summed E-state index contributed by atoms with van der Waals surface area (Å²) in [4.78, 5) is 14.0. The van der Waals surface area contributed by atoms with Crippen LogP contribution in [0.4, 0.5) is 34.6 Å². The highest BCUT2D eigenvalue weighted by atomic mass is 19.4. The Morgan fingerprint density at radius 3 is 2.57 bits per heavy atom. The van der Waals surface area contributed by atoms with Crippen LogP contribution in [-0.4, -0.2) is 37.5 Å². The quantitative estimate of drug-likeness (QED) is 0.470. The van der Waals surface area contributed by atoms with Crippen LogP contribution >= 0.6 is 0 Å². The summed E-state index contributed by atoms with van der Waals surface area (Å²) in [5.74, 6) is -0.959. The van der Waals surface area contributed by atoms with Crippen LogP contribution in [0.3, 0.4) is 0 Å². The fraction of sp³-hybridized carbons (Fsp3) is 0.286. The largest absolute Gasteiger partial charge is 0.418 e. The van der Waals surface area contributed by atoms with Crippen molar-refractivity contribution in [1.29, 1.82) is 0 Å². The number of amides is 1. The standard InChI is InChI=1S/C21H22F4N4O/c1-12(11-29(2)3)27-18-7-5-14(9-17(18)21(23,24)25)26-10-16-15-6-4-13(22)8-19(15)28-20(16)30/h4-10,12,26-27H,11H2,1-3H3,(H,28,30). The number of fused-ring (bicyclic) bond motifs is 1. The average Bonchev–Trinajstić information content (AvgIpc) is 2.93. The summed E-state index contributed by atoms with van der Waals surface area (Å²) in [5, 5.41) is 8.16. The Morgan fingerprint density at radius 1 is 1.17 bits per heavy atom. The molecule has 3 N–H and O–H groups in total. The number of hydrogen-bond donors (Lipinski definition) is 3. The Kier molecular flexibility index (Phi) is 6.02. The number of benzene rings is 2. The van der Waals surface area contributed by atoms with E-state index in [0.29, 0.717) is 17.8 Å². The molecule has 0 aliphatic carbocycles. The van der Waals surface area contributed by atoms with Crippen LogP contribution in [-0.2, 0) is 11.0 Å². The van der Waals surface area contributed by atoms with Crippen LogP contribution in [0.5, 0.6) is 0 Å². The van der Waals surface area contributed by atoms with Crippen molar-refractivity contribution in [2.24, 2.45) is 0 Å². The number of hydrogen-bond acceptors (Lipinski definition) is 4. The van der Waals surface area contributed by atoms with Gasteiger partial charge in [0.1, 0.15) is 5.82 Å². The lowest BCUT2D eigenvalue weighted by Crippen LogP contribution is -2.30. The van der Waals surface area contributed by atoms with Gasteiger partial charge in [-0.15, -0.1) is 0 Å². The Morgan fingerprint density at radius 2 is 1.90 bits per heavy atom. The van der Waals surface area contributed by atoms with Crippen LogP contribution in [0.25, 0.3) is 5.57 Å². The summed E-state index contributed by atoms with van der Waals surface area (Å²) in [6.07, 6.45) is -3.24. The van der Waals surface area contributed by atoms with E-state index in [0.717, 1.165) is 6.07 Å². The van der Waals surface area contributed by atoms with E-state index in [1.807, 2.05) is 19.0 Å². The van der Waals surface area contributed by atoms with Gasteiger partial charge in [-0.1, -0.05) is 0 Å². The molecule has 1 unspecified atom stereocenters. The molecule has 5 nitrogen and oxygen atoms in total. The molecule has 1 aliphatic heterocycles. The zero-order valence-electron chi connectivity index (χ0n) is 16.7. The van der Waals surface area contributed by atoms with E-state index in [9.17, 15) is 22.4 Å². The lowest BCUT2D eigenvalue weighted by molar-refractivity contribution is -0.136. The summed E-state index contributed by atoms with van der Waals surface area (Å²) >= 11 is 0. The predicted octanol–water partition coefficient (Wildman–Crippen LogP) is 4.61. The number of likely N-dealkylation sites (N-methyl/N-ethyl adjacent to an activating group) is 1. The Balaban J connectivity index is 1.86. The molecule has 0 aromatic heterocycles. The van der Waals surface area contributed by atoms with Crippen molar-refractivity contribution in [3.8, 4) is 0 Å². The Bertz CT molecular complexity index is 985. The SMILES string of the molecule is CC(CN(C)C)Nc1ccc(NC=C2C(=O)Nc3cc(F)ccc32)cc1C(F)(F)F. The van der Waals surface area contributed by atoms with E-state index in [1.54, 1.807) is 6.92 Å². The van der Waals surface area contributed by atoms with E-state index < -0.39 is 23.5 Å². The van der Waals surface area contributed by atoms with E-state index in [2.05, 4.69) is 16.0 Å². The number of nitrogens with one attached hydrogen (secondary N) is 3. The number of carbonyl (C=O) groups is 1. The van der Waals surface area contributed by atoms with Crippen molar-refractivity contribution < 1.29 is 22.4 Å². The predicted molar refractivity (Wildman–Crippen MR) is 110 cm³/mol. The van der Waals surface area contributed by atoms with Crippen LogP contribution in [0.1, 0.15) is 18.1 Å². The van der Waals surface area contributed by atoms with Crippen LogP contribution in [0.15, 0.2) is 42.6 Å². The number of nitrogens with zero attached hydrogens (tertiary/aromatic N) is 1. The second-order valence-electron chi connectivity index (χ2n) is 7.41. The monoisotopic (exact) mass is 422 g/mol. The van der Waals surface area contributed by atoms with Gasteiger partial charge in [0.15, 0.2) is 0 Å². The summed E-state index contributed by atoms with van der Waals surface area (Å²) in [7, 11) is 3.68. The zero-order valence-corrected chi connectivity index (χ0v) is 16.7. The van der Waals surface area contributed by atoms with Gasteiger partial charge in [0.25, 0.3) is 5.91 Å². The second kappa shape index (κ2) is 8.35. The number of anilines is 3. The van der Waals surface area contributed by atoms with Crippen molar-refractivity contribution in [2.45, 2.75) is 19.1 Å². The summed E-state index contributed by atoms with van der Waals surface area (Å²) in [6.45, 7) is 2.37. The minimum Gasteiger partial charge on any atom is -0.381 e. The molecule has 1 atom stereocenters. The fourth-order valence-electron chi connectivity index (χ4n) is 3.32. The topological polar surface area (TPSA) is 56.4 Å². The second-order valence-corrected chi connectivity index (χ2v) is 7.41. The lowest BCUT2D eigenvalue weighted by Gasteiger charge is -2.22. The maximum absolute atomic E-state index is 13.6. The highest BCUT2D eigenvalue weighted by Crippen LogP contribution is 2.37. The van der Waals surface area contributed by atoms with Gasteiger partial charge in [0.05, 0.1) is 16.8 Å². The molecule has 0 saturated carbocycles. The smallest absolute Gasteiger partial charge is 0.381 e. The fourth-order valence-corrected chi connectivity index (χ4v) is 3.32. The molecular formula is C21H22F4N4O. The van der Waals surface area contributed by atoms with Gasteiger partial charge in [-0.25, -0.2) is 4.39 Å². The number of halogens is 4. The van der Waals surface area contributed by atoms with Gasteiger partial charge in [-0.3, -0.25) is 4.79 Å². The third kappa shape index (κ3) is 4.91. The molecule has 2 aromatic rings. The minimum absolute atomic E-state index is 0.0190. The van der Waals surface area contributed by atoms with Crippen LogP contribution < -0.4 is 16.0 Å². The molecule has 9 heteroatoms. The molecule has 3 rings (SSSR count). The van der Waals surface area contributed by atoms with Gasteiger partial charge in [0, 0.05) is 35.7 Å². The molecule has 0 radical (unpaired) electrons. The molecule has 1 amide bonds. The molecule has 2 aromatic carbocycles. The van der Waals surface area contributed by atoms with Crippen LogP contribution in [0.2, 0.25) is 0 Å². The molecule has 0 spiro atoms. The minimum atomic E-state index is -4.56. The molecule has 160 valence electrons. The van der Waals surface area contributed by atoms with Gasteiger partial charge in [-0.05, 0) is 57.4 Å². The maximum atomic E-state index is 13.6. The Labute approximate surface area is 171 Å².